The maximum absolute atomic E-state index is 12.3. The van der Waals surface area contributed by atoms with E-state index < -0.39 is 5.91 Å². The molecular formula is C22H27BrN2O3S. The number of nitrogens with one attached hydrogen (secondary N) is 1. The molecule has 0 bridgehead atoms. The van der Waals surface area contributed by atoms with Crippen LogP contribution in [0.5, 0.6) is 5.75 Å². The topological polar surface area (TPSA) is 81.4 Å². The summed E-state index contributed by atoms with van der Waals surface area (Å²) in [6.45, 7) is 6.93. The van der Waals surface area contributed by atoms with Crippen molar-refractivity contribution in [3.8, 4) is 5.75 Å². The number of carbonyl (C=O) groups is 2. The van der Waals surface area contributed by atoms with Gasteiger partial charge in [-0.25, -0.2) is 0 Å². The number of anilines is 1. The first-order valence-electron chi connectivity index (χ1n) is 9.84. The van der Waals surface area contributed by atoms with E-state index in [1.807, 2.05) is 6.07 Å². The van der Waals surface area contributed by atoms with Crippen molar-refractivity contribution in [2.24, 2.45) is 5.73 Å². The van der Waals surface area contributed by atoms with Crippen molar-refractivity contribution in [1.82, 2.24) is 0 Å². The molecule has 29 heavy (non-hydrogen) atoms. The number of aryl methyl sites for hydroxylation is 1. The standard InChI is InChI=1S/C22H27BrN2O3S/c1-22(2,3)13-9-10-16(15(23)12-13)28-11-5-8-18(26)25-21-19(20(24)27)14-6-4-7-17(14)29-21/h9-10,12H,4-8,11H2,1-3H3,(H2,24,27)(H,25,26). The number of halogens is 1. The first-order chi connectivity index (χ1) is 13.7. The van der Waals surface area contributed by atoms with Gasteiger partial charge in [0.2, 0.25) is 5.91 Å². The Kier molecular flexibility index (Phi) is 6.69. The van der Waals surface area contributed by atoms with Gasteiger partial charge in [0.25, 0.3) is 5.91 Å². The summed E-state index contributed by atoms with van der Waals surface area (Å²) in [5.74, 6) is 0.175. The Hall–Kier alpha value is -1.86. The maximum Gasteiger partial charge on any atom is 0.251 e. The lowest BCUT2D eigenvalue weighted by molar-refractivity contribution is -0.116. The van der Waals surface area contributed by atoms with Gasteiger partial charge in [0, 0.05) is 11.3 Å². The smallest absolute Gasteiger partial charge is 0.251 e. The summed E-state index contributed by atoms with van der Waals surface area (Å²) in [5.41, 5.74) is 8.35. The van der Waals surface area contributed by atoms with Gasteiger partial charge in [-0.2, -0.15) is 0 Å². The number of hydrogen-bond acceptors (Lipinski definition) is 4. The third-order valence-electron chi connectivity index (χ3n) is 5.02. The predicted molar refractivity (Wildman–Crippen MR) is 121 cm³/mol. The normalized spacial score (nSPS) is 13.2. The average molecular weight is 479 g/mol. The van der Waals surface area contributed by atoms with E-state index >= 15 is 0 Å². The molecule has 3 N–H and O–H groups in total. The number of amides is 2. The summed E-state index contributed by atoms with van der Waals surface area (Å²) >= 11 is 5.04. The SMILES string of the molecule is CC(C)(C)c1ccc(OCCCC(=O)Nc2sc3c(c2C(N)=O)CCC3)c(Br)c1. The Labute approximate surface area is 184 Å². The average Bonchev–Trinajstić information content (AvgIpc) is 3.19. The van der Waals surface area contributed by atoms with Crippen molar-refractivity contribution < 1.29 is 14.3 Å². The van der Waals surface area contributed by atoms with E-state index in [1.165, 1.54) is 21.8 Å². The Morgan fingerprint density at radius 1 is 1.28 bits per heavy atom. The Bertz CT molecular complexity index is 931. The van der Waals surface area contributed by atoms with Crippen molar-refractivity contribution in [2.45, 2.75) is 58.3 Å². The molecule has 1 aromatic carbocycles. The molecule has 0 spiro atoms. The number of ether oxygens (including phenoxy) is 1. The summed E-state index contributed by atoms with van der Waals surface area (Å²) in [5, 5.41) is 3.46. The molecule has 156 valence electrons. The minimum absolute atomic E-state index is 0.0743. The number of benzene rings is 1. The van der Waals surface area contributed by atoms with Gasteiger partial charge in [-0.3, -0.25) is 9.59 Å². The van der Waals surface area contributed by atoms with Crippen molar-refractivity contribution in [3.63, 3.8) is 0 Å². The maximum atomic E-state index is 12.3. The highest BCUT2D eigenvalue weighted by Gasteiger charge is 2.26. The zero-order chi connectivity index (χ0) is 21.2. The Morgan fingerprint density at radius 2 is 2.03 bits per heavy atom. The van der Waals surface area contributed by atoms with Gasteiger partial charge in [0.15, 0.2) is 0 Å². The fourth-order valence-corrected chi connectivity index (χ4v) is 5.25. The fraction of sp³-hybridized carbons (Fsp3) is 0.455. The Morgan fingerprint density at radius 3 is 2.69 bits per heavy atom. The zero-order valence-electron chi connectivity index (χ0n) is 17.1. The summed E-state index contributed by atoms with van der Waals surface area (Å²) in [4.78, 5) is 25.3. The summed E-state index contributed by atoms with van der Waals surface area (Å²) in [7, 11) is 0. The second-order valence-corrected chi connectivity index (χ2v) is 10.3. The summed E-state index contributed by atoms with van der Waals surface area (Å²) < 4.78 is 6.73. The van der Waals surface area contributed by atoms with Gasteiger partial charge < -0.3 is 15.8 Å². The molecule has 2 aromatic rings. The van der Waals surface area contributed by atoms with Crippen molar-refractivity contribution in [3.05, 3.63) is 44.2 Å². The fourth-order valence-electron chi connectivity index (χ4n) is 3.44. The number of carbonyl (C=O) groups excluding carboxylic acids is 2. The quantitative estimate of drug-likeness (QED) is 0.536. The van der Waals surface area contributed by atoms with E-state index in [4.69, 9.17) is 10.5 Å². The molecule has 3 rings (SSSR count). The van der Waals surface area contributed by atoms with Crippen LogP contribution in [0.1, 0.15) is 66.4 Å². The minimum Gasteiger partial charge on any atom is -0.492 e. The van der Waals surface area contributed by atoms with Crippen LogP contribution < -0.4 is 15.8 Å². The molecular weight excluding hydrogens is 452 g/mol. The second-order valence-electron chi connectivity index (χ2n) is 8.32. The van der Waals surface area contributed by atoms with Gasteiger partial charge >= 0.3 is 0 Å². The first kappa shape index (κ1) is 21.8. The van der Waals surface area contributed by atoms with Crippen LogP contribution in [0.2, 0.25) is 0 Å². The molecule has 1 aliphatic rings. The molecule has 5 nitrogen and oxygen atoms in total. The number of rotatable bonds is 7. The van der Waals surface area contributed by atoms with E-state index in [1.54, 1.807) is 0 Å². The molecule has 1 heterocycles. The molecule has 0 fully saturated rings. The van der Waals surface area contributed by atoms with Gasteiger partial charge in [0.05, 0.1) is 16.6 Å². The second kappa shape index (κ2) is 8.88. The number of nitrogens with two attached hydrogens (primary N) is 1. The van der Waals surface area contributed by atoms with Crippen LogP contribution in [-0.2, 0) is 23.1 Å². The zero-order valence-corrected chi connectivity index (χ0v) is 19.5. The van der Waals surface area contributed by atoms with Crippen LogP contribution in [-0.4, -0.2) is 18.4 Å². The van der Waals surface area contributed by atoms with Crippen molar-refractivity contribution in [1.29, 1.82) is 0 Å². The minimum atomic E-state index is -0.466. The number of thiophene rings is 1. The molecule has 1 aliphatic carbocycles. The van der Waals surface area contributed by atoms with E-state index in [-0.39, 0.29) is 11.3 Å². The van der Waals surface area contributed by atoms with E-state index in [2.05, 4.69) is 54.2 Å². The first-order valence-corrected chi connectivity index (χ1v) is 11.4. The van der Waals surface area contributed by atoms with E-state index in [9.17, 15) is 9.59 Å². The number of fused-ring (bicyclic) bond motifs is 1. The van der Waals surface area contributed by atoms with Crippen molar-refractivity contribution in [2.75, 3.05) is 11.9 Å². The Balaban J connectivity index is 1.51. The van der Waals surface area contributed by atoms with Gasteiger partial charge in [-0.15, -0.1) is 11.3 Å². The van der Waals surface area contributed by atoms with Gasteiger partial charge in [-0.05, 0) is 70.3 Å². The third kappa shape index (κ3) is 5.20. The van der Waals surface area contributed by atoms with E-state index in [0.29, 0.717) is 30.0 Å². The highest BCUT2D eigenvalue weighted by Crippen LogP contribution is 2.39. The molecule has 2 amide bonds. The molecule has 0 unspecified atom stereocenters. The van der Waals surface area contributed by atoms with Crippen molar-refractivity contribution >= 4 is 44.1 Å². The number of primary amides is 1. The molecule has 0 saturated heterocycles. The molecule has 0 atom stereocenters. The van der Waals surface area contributed by atoms with Crippen LogP contribution in [0.4, 0.5) is 5.00 Å². The summed E-state index contributed by atoms with van der Waals surface area (Å²) in [6, 6.07) is 6.09. The van der Waals surface area contributed by atoms with Crippen LogP contribution >= 0.6 is 27.3 Å². The molecule has 0 radical (unpaired) electrons. The largest absolute Gasteiger partial charge is 0.492 e. The van der Waals surface area contributed by atoms with Crippen LogP contribution in [0.25, 0.3) is 0 Å². The lowest BCUT2D eigenvalue weighted by Crippen LogP contribution is -2.18. The van der Waals surface area contributed by atoms with Crippen LogP contribution in [0, 0.1) is 0 Å². The highest BCUT2D eigenvalue weighted by atomic mass is 79.9. The van der Waals surface area contributed by atoms with Gasteiger partial charge in [0.1, 0.15) is 10.8 Å². The third-order valence-corrected chi connectivity index (χ3v) is 6.85. The summed E-state index contributed by atoms with van der Waals surface area (Å²) in [6.07, 6.45) is 3.75. The monoisotopic (exact) mass is 478 g/mol. The molecule has 1 aromatic heterocycles. The van der Waals surface area contributed by atoms with Crippen LogP contribution in [0.15, 0.2) is 22.7 Å². The highest BCUT2D eigenvalue weighted by molar-refractivity contribution is 9.10. The molecule has 0 saturated carbocycles. The predicted octanol–water partition coefficient (Wildman–Crippen LogP) is 5.19. The van der Waals surface area contributed by atoms with Crippen LogP contribution in [0.3, 0.4) is 0 Å². The molecule has 0 aliphatic heterocycles. The van der Waals surface area contributed by atoms with E-state index in [0.717, 1.165) is 35.0 Å². The number of hydrogen-bond donors (Lipinski definition) is 2. The lowest BCUT2D eigenvalue weighted by atomic mass is 9.87. The van der Waals surface area contributed by atoms with Gasteiger partial charge in [-0.1, -0.05) is 26.8 Å². The lowest BCUT2D eigenvalue weighted by Gasteiger charge is -2.20. The molecule has 7 heteroatoms.